The van der Waals surface area contributed by atoms with Crippen molar-refractivity contribution in [3.63, 3.8) is 0 Å². The number of hydrogen-bond donors (Lipinski definition) is 1. The summed E-state index contributed by atoms with van der Waals surface area (Å²) >= 11 is 0. The summed E-state index contributed by atoms with van der Waals surface area (Å²) in [7, 11) is 0. The standard InChI is InChI=1S/C15H30N2/c1-11-4-5-13(3)15(9-11)17-7-6-12(2)8-14(17)10-16/h11-15H,4-10,16H2,1-3H3. The van der Waals surface area contributed by atoms with Gasteiger partial charge in [0.2, 0.25) is 0 Å². The van der Waals surface area contributed by atoms with Gasteiger partial charge in [0.1, 0.15) is 0 Å². The zero-order valence-corrected chi connectivity index (χ0v) is 11.9. The Morgan fingerprint density at radius 3 is 2.41 bits per heavy atom. The van der Waals surface area contributed by atoms with Gasteiger partial charge >= 0.3 is 0 Å². The molecule has 2 nitrogen and oxygen atoms in total. The molecule has 0 radical (unpaired) electrons. The van der Waals surface area contributed by atoms with Gasteiger partial charge in [0.15, 0.2) is 0 Å². The smallest absolute Gasteiger partial charge is 0.0224 e. The van der Waals surface area contributed by atoms with E-state index in [-0.39, 0.29) is 0 Å². The lowest BCUT2D eigenvalue weighted by Gasteiger charge is -2.47. The van der Waals surface area contributed by atoms with Crippen LogP contribution in [0.4, 0.5) is 0 Å². The van der Waals surface area contributed by atoms with E-state index in [0.717, 1.165) is 30.3 Å². The van der Waals surface area contributed by atoms with E-state index >= 15 is 0 Å². The number of nitrogens with zero attached hydrogens (tertiary/aromatic N) is 1. The van der Waals surface area contributed by atoms with Crippen molar-refractivity contribution in [2.45, 2.75) is 65.0 Å². The first-order valence-corrected chi connectivity index (χ1v) is 7.57. The molecule has 0 aromatic heterocycles. The highest BCUT2D eigenvalue weighted by atomic mass is 15.2. The fourth-order valence-electron chi connectivity index (χ4n) is 3.90. The van der Waals surface area contributed by atoms with E-state index in [0.29, 0.717) is 6.04 Å². The highest BCUT2D eigenvalue weighted by Gasteiger charge is 2.35. The number of likely N-dealkylation sites (tertiary alicyclic amines) is 1. The molecule has 2 heteroatoms. The fourth-order valence-corrected chi connectivity index (χ4v) is 3.90. The first-order chi connectivity index (χ1) is 8.11. The minimum atomic E-state index is 0.650. The van der Waals surface area contributed by atoms with Gasteiger partial charge < -0.3 is 5.73 Å². The Kier molecular flexibility index (Phi) is 4.48. The second-order valence-electron chi connectivity index (χ2n) is 6.72. The van der Waals surface area contributed by atoms with Crippen LogP contribution in [0.15, 0.2) is 0 Å². The van der Waals surface area contributed by atoms with Crippen molar-refractivity contribution in [1.29, 1.82) is 0 Å². The van der Waals surface area contributed by atoms with Crippen LogP contribution < -0.4 is 5.73 Å². The Bertz CT molecular complexity index is 241. The van der Waals surface area contributed by atoms with E-state index in [9.17, 15) is 0 Å². The van der Waals surface area contributed by atoms with Crippen molar-refractivity contribution in [1.82, 2.24) is 4.90 Å². The lowest BCUT2D eigenvalue weighted by atomic mass is 9.77. The van der Waals surface area contributed by atoms with Gasteiger partial charge in [-0.1, -0.05) is 27.2 Å². The van der Waals surface area contributed by atoms with E-state index < -0.39 is 0 Å². The van der Waals surface area contributed by atoms with Gasteiger partial charge in [-0.3, -0.25) is 4.90 Å². The lowest BCUT2D eigenvalue weighted by molar-refractivity contribution is 0.0207. The number of piperidine rings is 1. The molecular weight excluding hydrogens is 208 g/mol. The van der Waals surface area contributed by atoms with Crippen molar-refractivity contribution in [3.8, 4) is 0 Å². The quantitative estimate of drug-likeness (QED) is 0.801. The Labute approximate surface area is 107 Å². The van der Waals surface area contributed by atoms with E-state index in [2.05, 4.69) is 25.7 Å². The summed E-state index contributed by atoms with van der Waals surface area (Å²) in [5.74, 6) is 2.65. The summed E-state index contributed by atoms with van der Waals surface area (Å²) in [6.45, 7) is 9.38. The SMILES string of the molecule is CC1CCN(C2CC(C)CCC2C)C(CN)C1. The number of rotatable bonds is 2. The van der Waals surface area contributed by atoms with E-state index in [1.54, 1.807) is 0 Å². The van der Waals surface area contributed by atoms with E-state index in [4.69, 9.17) is 5.73 Å². The van der Waals surface area contributed by atoms with Gasteiger partial charge in [-0.15, -0.1) is 0 Å². The van der Waals surface area contributed by atoms with Gasteiger partial charge in [-0.25, -0.2) is 0 Å². The summed E-state index contributed by atoms with van der Waals surface area (Å²) in [6, 6.07) is 1.45. The van der Waals surface area contributed by atoms with Crippen LogP contribution in [0.25, 0.3) is 0 Å². The van der Waals surface area contributed by atoms with Gasteiger partial charge in [-0.05, 0) is 50.0 Å². The minimum absolute atomic E-state index is 0.650. The molecule has 0 aromatic rings. The molecule has 0 spiro atoms. The third kappa shape index (κ3) is 3.03. The number of hydrogen-bond acceptors (Lipinski definition) is 2. The molecule has 2 N–H and O–H groups in total. The predicted molar refractivity (Wildman–Crippen MR) is 73.9 cm³/mol. The molecule has 100 valence electrons. The van der Waals surface area contributed by atoms with Crippen LogP contribution >= 0.6 is 0 Å². The molecule has 1 aliphatic carbocycles. The third-order valence-corrected chi connectivity index (χ3v) is 5.14. The van der Waals surface area contributed by atoms with E-state index in [1.807, 2.05) is 0 Å². The highest BCUT2D eigenvalue weighted by Crippen LogP contribution is 2.35. The van der Waals surface area contributed by atoms with Crippen molar-refractivity contribution < 1.29 is 0 Å². The Morgan fingerprint density at radius 2 is 1.71 bits per heavy atom. The topological polar surface area (TPSA) is 29.3 Å². The predicted octanol–water partition coefficient (Wildman–Crippen LogP) is 2.87. The van der Waals surface area contributed by atoms with Crippen LogP contribution in [-0.4, -0.2) is 30.1 Å². The van der Waals surface area contributed by atoms with Crippen LogP contribution in [0, 0.1) is 17.8 Å². The molecule has 1 heterocycles. The molecule has 17 heavy (non-hydrogen) atoms. The molecule has 0 amide bonds. The fraction of sp³-hybridized carbons (Fsp3) is 1.00. The van der Waals surface area contributed by atoms with Crippen LogP contribution in [0.2, 0.25) is 0 Å². The zero-order chi connectivity index (χ0) is 12.4. The molecule has 2 rings (SSSR count). The molecule has 1 saturated heterocycles. The van der Waals surface area contributed by atoms with Crippen LogP contribution in [0.3, 0.4) is 0 Å². The van der Waals surface area contributed by atoms with Crippen LogP contribution in [-0.2, 0) is 0 Å². The molecule has 1 aliphatic heterocycles. The second kappa shape index (κ2) is 5.71. The summed E-state index contributed by atoms with van der Waals surface area (Å²) in [6.07, 6.45) is 6.92. The highest BCUT2D eigenvalue weighted by molar-refractivity contribution is 4.90. The van der Waals surface area contributed by atoms with Crippen LogP contribution in [0.1, 0.15) is 52.9 Å². The van der Waals surface area contributed by atoms with Gasteiger partial charge in [0, 0.05) is 18.6 Å². The monoisotopic (exact) mass is 238 g/mol. The first kappa shape index (κ1) is 13.4. The average Bonchev–Trinajstić information content (AvgIpc) is 2.32. The maximum absolute atomic E-state index is 6.00. The third-order valence-electron chi connectivity index (χ3n) is 5.14. The number of nitrogens with two attached hydrogens (primary N) is 1. The molecule has 0 aromatic carbocycles. The molecule has 1 saturated carbocycles. The molecular formula is C15H30N2. The summed E-state index contributed by atoms with van der Waals surface area (Å²) < 4.78 is 0. The Hall–Kier alpha value is -0.0800. The normalized spacial score (nSPS) is 44.8. The molecule has 5 atom stereocenters. The molecule has 0 bridgehead atoms. The molecule has 2 aliphatic rings. The van der Waals surface area contributed by atoms with Crippen molar-refractivity contribution >= 4 is 0 Å². The maximum Gasteiger partial charge on any atom is 0.0224 e. The van der Waals surface area contributed by atoms with Crippen molar-refractivity contribution in [2.24, 2.45) is 23.5 Å². The van der Waals surface area contributed by atoms with Crippen molar-refractivity contribution in [2.75, 3.05) is 13.1 Å². The molecule has 5 unspecified atom stereocenters. The maximum atomic E-state index is 6.00. The molecule has 2 fully saturated rings. The summed E-state index contributed by atoms with van der Waals surface area (Å²) in [4.78, 5) is 2.76. The lowest BCUT2D eigenvalue weighted by Crippen LogP contribution is -2.54. The van der Waals surface area contributed by atoms with Gasteiger partial charge in [0.25, 0.3) is 0 Å². The van der Waals surface area contributed by atoms with Gasteiger partial charge in [-0.2, -0.15) is 0 Å². The summed E-state index contributed by atoms with van der Waals surface area (Å²) in [5, 5.41) is 0. The minimum Gasteiger partial charge on any atom is -0.329 e. The van der Waals surface area contributed by atoms with Gasteiger partial charge in [0.05, 0.1) is 0 Å². The van der Waals surface area contributed by atoms with E-state index in [1.165, 1.54) is 38.6 Å². The Balaban J connectivity index is 2.03. The Morgan fingerprint density at radius 1 is 1.00 bits per heavy atom. The largest absolute Gasteiger partial charge is 0.329 e. The van der Waals surface area contributed by atoms with Crippen molar-refractivity contribution in [3.05, 3.63) is 0 Å². The first-order valence-electron chi connectivity index (χ1n) is 7.57. The average molecular weight is 238 g/mol. The zero-order valence-electron chi connectivity index (χ0n) is 11.9. The second-order valence-corrected chi connectivity index (χ2v) is 6.72. The summed E-state index contributed by atoms with van der Waals surface area (Å²) in [5.41, 5.74) is 6.00. The van der Waals surface area contributed by atoms with Crippen LogP contribution in [0.5, 0.6) is 0 Å².